The Balaban J connectivity index is 1.95. The van der Waals surface area contributed by atoms with Crippen molar-refractivity contribution in [2.45, 2.75) is 25.5 Å². The fourth-order valence-corrected chi connectivity index (χ4v) is 2.76. The number of carbonyl (C=O) groups excluding carboxylic acids is 1. The fraction of sp³-hybridized carbons (Fsp3) is 0.312. The molecular formula is C16H19N3O3S. The largest absolute Gasteiger partial charge is 0.481 e. The van der Waals surface area contributed by atoms with E-state index in [1.165, 1.54) is 11.8 Å². The molecule has 0 aliphatic carbocycles. The summed E-state index contributed by atoms with van der Waals surface area (Å²) in [5, 5.41) is 18.3. The van der Waals surface area contributed by atoms with Crippen molar-refractivity contribution < 1.29 is 14.7 Å². The van der Waals surface area contributed by atoms with Gasteiger partial charge in [-0.05, 0) is 30.2 Å². The van der Waals surface area contributed by atoms with Gasteiger partial charge in [-0.25, -0.2) is 0 Å². The Labute approximate surface area is 138 Å². The number of carboxylic acids is 1. The number of aliphatic carboxylic acids is 1. The minimum Gasteiger partial charge on any atom is -0.481 e. The van der Waals surface area contributed by atoms with E-state index in [4.69, 9.17) is 5.11 Å². The van der Waals surface area contributed by atoms with Crippen molar-refractivity contribution in [3.63, 3.8) is 0 Å². The van der Waals surface area contributed by atoms with E-state index in [9.17, 15) is 9.59 Å². The molecule has 1 amide bonds. The standard InChI is InChI=1S/C16H19N3O3S/c1-2-4-13-8-14(19-18-13)16(22)17-12-6-3-5-11(7-12)9-23-10-15(20)21/h3,5-8H,2,4,9-10H2,1H3,(H,17,22)(H,18,19)(H,20,21). The van der Waals surface area contributed by atoms with Crippen LogP contribution in [-0.2, 0) is 17.0 Å². The van der Waals surface area contributed by atoms with Crippen LogP contribution in [0.1, 0.15) is 35.1 Å². The number of H-pyrrole nitrogens is 1. The van der Waals surface area contributed by atoms with Gasteiger partial charge >= 0.3 is 5.97 Å². The lowest BCUT2D eigenvalue weighted by molar-refractivity contribution is -0.133. The second kappa shape index (κ2) is 8.38. The molecule has 6 nitrogen and oxygen atoms in total. The topological polar surface area (TPSA) is 95.1 Å². The average Bonchev–Trinajstić information content (AvgIpc) is 2.96. The van der Waals surface area contributed by atoms with Gasteiger partial charge in [-0.15, -0.1) is 11.8 Å². The SMILES string of the molecule is CCCc1cc(C(=O)Nc2cccc(CSCC(=O)O)c2)n[nH]1. The van der Waals surface area contributed by atoms with Crippen molar-refractivity contribution in [1.29, 1.82) is 0 Å². The molecule has 0 fully saturated rings. The van der Waals surface area contributed by atoms with Crippen LogP contribution in [0.2, 0.25) is 0 Å². The molecule has 0 saturated carbocycles. The van der Waals surface area contributed by atoms with Crippen molar-refractivity contribution in [3.05, 3.63) is 47.3 Å². The molecule has 2 aromatic rings. The van der Waals surface area contributed by atoms with Gasteiger partial charge in [0.2, 0.25) is 0 Å². The first-order chi connectivity index (χ1) is 11.1. The van der Waals surface area contributed by atoms with E-state index in [2.05, 4.69) is 22.4 Å². The monoisotopic (exact) mass is 333 g/mol. The lowest BCUT2D eigenvalue weighted by Crippen LogP contribution is -2.12. The Morgan fingerprint density at radius 1 is 1.35 bits per heavy atom. The van der Waals surface area contributed by atoms with Crippen molar-refractivity contribution in [2.75, 3.05) is 11.1 Å². The summed E-state index contributed by atoms with van der Waals surface area (Å²) in [4.78, 5) is 22.7. The van der Waals surface area contributed by atoms with Crippen molar-refractivity contribution in [1.82, 2.24) is 10.2 Å². The molecule has 0 unspecified atom stereocenters. The van der Waals surface area contributed by atoms with Gasteiger partial charge in [0, 0.05) is 17.1 Å². The summed E-state index contributed by atoms with van der Waals surface area (Å²) in [6.07, 6.45) is 1.84. The average molecular weight is 333 g/mol. The van der Waals surface area contributed by atoms with Crippen LogP contribution in [0.3, 0.4) is 0 Å². The summed E-state index contributed by atoms with van der Waals surface area (Å²) in [6.45, 7) is 2.06. The highest BCUT2D eigenvalue weighted by Gasteiger charge is 2.11. The van der Waals surface area contributed by atoms with E-state index in [0.29, 0.717) is 17.1 Å². The highest BCUT2D eigenvalue weighted by atomic mass is 32.2. The number of thioether (sulfide) groups is 1. The number of benzene rings is 1. The molecule has 2 rings (SSSR count). The number of amides is 1. The summed E-state index contributed by atoms with van der Waals surface area (Å²) in [6, 6.07) is 9.12. The first-order valence-electron chi connectivity index (χ1n) is 7.32. The van der Waals surface area contributed by atoms with E-state index >= 15 is 0 Å². The number of aromatic nitrogens is 2. The molecule has 0 spiro atoms. The Morgan fingerprint density at radius 2 is 2.17 bits per heavy atom. The number of aromatic amines is 1. The summed E-state index contributed by atoms with van der Waals surface area (Å²) in [5.74, 6) is -0.455. The zero-order valence-corrected chi connectivity index (χ0v) is 13.7. The van der Waals surface area contributed by atoms with Crippen LogP contribution < -0.4 is 5.32 Å². The van der Waals surface area contributed by atoms with Crippen LogP contribution >= 0.6 is 11.8 Å². The van der Waals surface area contributed by atoms with Gasteiger partial charge in [0.25, 0.3) is 5.91 Å². The fourth-order valence-electron chi connectivity index (χ4n) is 2.07. The predicted octanol–water partition coefficient (Wildman–Crippen LogP) is 2.93. The molecule has 23 heavy (non-hydrogen) atoms. The number of nitrogens with one attached hydrogen (secondary N) is 2. The van der Waals surface area contributed by atoms with Crippen molar-refractivity contribution >= 4 is 29.3 Å². The molecule has 1 aromatic carbocycles. The number of nitrogens with zero attached hydrogens (tertiary/aromatic N) is 1. The minimum absolute atomic E-state index is 0.0596. The molecule has 1 heterocycles. The summed E-state index contributed by atoms with van der Waals surface area (Å²) < 4.78 is 0. The third-order valence-electron chi connectivity index (χ3n) is 3.06. The zero-order valence-electron chi connectivity index (χ0n) is 12.8. The van der Waals surface area contributed by atoms with Gasteiger partial charge in [0.05, 0.1) is 5.75 Å². The van der Waals surface area contributed by atoms with E-state index in [-0.39, 0.29) is 11.7 Å². The number of carbonyl (C=O) groups is 2. The third kappa shape index (κ3) is 5.45. The number of carboxylic acid groups (broad SMARTS) is 1. The molecule has 0 aliphatic rings. The highest BCUT2D eigenvalue weighted by Crippen LogP contribution is 2.17. The first kappa shape index (κ1) is 17.1. The van der Waals surface area contributed by atoms with Gasteiger partial charge < -0.3 is 10.4 Å². The third-order valence-corrected chi connectivity index (χ3v) is 4.05. The molecular weight excluding hydrogens is 314 g/mol. The van der Waals surface area contributed by atoms with Crippen LogP contribution in [0.15, 0.2) is 30.3 Å². The van der Waals surface area contributed by atoms with Crippen LogP contribution in [0.4, 0.5) is 5.69 Å². The second-order valence-corrected chi connectivity index (χ2v) is 6.06. The molecule has 7 heteroatoms. The molecule has 0 aliphatic heterocycles. The number of hydrogen-bond donors (Lipinski definition) is 3. The number of rotatable bonds is 8. The molecule has 3 N–H and O–H groups in total. The number of aryl methyl sites for hydroxylation is 1. The molecule has 122 valence electrons. The maximum atomic E-state index is 12.2. The van der Waals surface area contributed by atoms with Gasteiger partial charge in [0.15, 0.2) is 5.69 Å². The smallest absolute Gasteiger partial charge is 0.313 e. The number of anilines is 1. The molecule has 0 radical (unpaired) electrons. The van der Waals surface area contributed by atoms with Crippen molar-refractivity contribution in [2.24, 2.45) is 0 Å². The molecule has 0 atom stereocenters. The Morgan fingerprint density at radius 3 is 2.91 bits per heavy atom. The number of hydrogen-bond acceptors (Lipinski definition) is 4. The Kier molecular flexibility index (Phi) is 6.22. The van der Waals surface area contributed by atoms with Crippen LogP contribution in [0.5, 0.6) is 0 Å². The molecule has 0 saturated heterocycles. The Hall–Kier alpha value is -2.28. The summed E-state index contributed by atoms with van der Waals surface area (Å²) in [7, 11) is 0. The van der Waals surface area contributed by atoms with E-state index in [0.717, 1.165) is 24.1 Å². The van der Waals surface area contributed by atoms with Crippen LogP contribution in [-0.4, -0.2) is 32.9 Å². The highest BCUT2D eigenvalue weighted by molar-refractivity contribution is 7.99. The maximum Gasteiger partial charge on any atom is 0.313 e. The minimum atomic E-state index is -0.833. The lowest BCUT2D eigenvalue weighted by atomic mass is 10.2. The summed E-state index contributed by atoms with van der Waals surface area (Å²) in [5.41, 5.74) is 2.93. The van der Waals surface area contributed by atoms with E-state index in [1.807, 2.05) is 18.2 Å². The lowest BCUT2D eigenvalue weighted by Gasteiger charge is -2.06. The van der Waals surface area contributed by atoms with E-state index < -0.39 is 5.97 Å². The van der Waals surface area contributed by atoms with Crippen LogP contribution in [0.25, 0.3) is 0 Å². The Bertz CT molecular complexity index is 685. The van der Waals surface area contributed by atoms with Gasteiger partial charge in [-0.3, -0.25) is 14.7 Å². The van der Waals surface area contributed by atoms with Gasteiger partial charge in [0.1, 0.15) is 0 Å². The predicted molar refractivity (Wildman–Crippen MR) is 90.8 cm³/mol. The molecule has 0 bridgehead atoms. The van der Waals surface area contributed by atoms with Gasteiger partial charge in [-0.1, -0.05) is 25.5 Å². The van der Waals surface area contributed by atoms with Crippen molar-refractivity contribution in [3.8, 4) is 0 Å². The summed E-state index contributed by atoms with van der Waals surface area (Å²) >= 11 is 1.32. The zero-order chi connectivity index (χ0) is 16.7. The second-order valence-electron chi connectivity index (χ2n) is 5.07. The first-order valence-corrected chi connectivity index (χ1v) is 8.48. The quantitative estimate of drug-likeness (QED) is 0.690. The van der Waals surface area contributed by atoms with Crippen LogP contribution in [0, 0.1) is 0 Å². The van der Waals surface area contributed by atoms with Gasteiger partial charge in [-0.2, -0.15) is 5.10 Å². The molecule has 1 aromatic heterocycles. The van der Waals surface area contributed by atoms with E-state index in [1.54, 1.807) is 12.1 Å². The maximum absolute atomic E-state index is 12.2. The normalized spacial score (nSPS) is 10.5.